The summed E-state index contributed by atoms with van der Waals surface area (Å²) >= 11 is 0.671. The lowest BCUT2D eigenvalue weighted by atomic mass is 9.77. The molecule has 8 nitrogen and oxygen atoms in total. The number of nitrogens with one attached hydrogen (secondary N) is 2. The molecule has 1 aromatic rings. The van der Waals surface area contributed by atoms with Gasteiger partial charge in [-0.2, -0.15) is 0 Å². The Balaban J connectivity index is 2.21. The predicted molar refractivity (Wildman–Crippen MR) is 91.7 cm³/mol. The van der Waals surface area contributed by atoms with Crippen molar-refractivity contribution in [2.45, 2.75) is 26.4 Å². The van der Waals surface area contributed by atoms with Crippen LogP contribution in [0.2, 0.25) is 0 Å². The molecule has 0 aliphatic carbocycles. The van der Waals surface area contributed by atoms with Gasteiger partial charge < -0.3 is 24.9 Å². The van der Waals surface area contributed by atoms with Gasteiger partial charge in [-0.3, -0.25) is 15.6 Å². The number of carbonyl (C=O) groups excluding carboxylic acids is 1. The third kappa shape index (κ3) is 4.28. The van der Waals surface area contributed by atoms with E-state index >= 15 is 0 Å². The third-order valence-corrected chi connectivity index (χ3v) is 3.83. The Kier molecular flexibility index (Phi) is 5.87. The van der Waals surface area contributed by atoms with E-state index in [1.165, 1.54) is 0 Å². The van der Waals surface area contributed by atoms with Crippen LogP contribution in [0.15, 0.2) is 12.1 Å². The van der Waals surface area contributed by atoms with Crippen molar-refractivity contribution in [2.24, 2.45) is 5.73 Å². The predicted octanol–water partition coefficient (Wildman–Crippen LogP) is 0.647. The second kappa shape index (κ2) is 7.69. The van der Waals surface area contributed by atoms with E-state index in [1.54, 1.807) is 26.0 Å². The minimum Gasteiger partial charge on any atom is -0.466 e. The van der Waals surface area contributed by atoms with Crippen molar-refractivity contribution in [2.75, 3.05) is 6.61 Å². The van der Waals surface area contributed by atoms with Crippen molar-refractivity contribution in [1.82, 2.24) is 0 Å². The largest absolute Gasteiger partial charge is 0.492 e. The van der Waals surface area contributed by atoms with Crippen LogP contribution in [0.1, 0.15) is 30.6 Å². The average molecular weight is 351 g/mol. The van der Waals surface area contributed by atoms with Crippen LogP contribution in [-0.2, 0) is 14.2 Å². The Morgan fingerprint density at radius 2 is 2.21 bits per heavy atom. The fourth-order valence-corrected chi connectivity index (χ4v) is 2.88. The molecule has 0 fully saturated rings. The van der Waals surface area contributed by atoms with Crippen LogP contribution in [0.4, 0.5) is 0 Å². The molecular weight excluding hydrogens is 333 g/mol. The van der Waals surface area contributed by atoms with Gasteiger partial charge in [0.2, 0.25) is 0 Å². The zero-order valence-corrected chi connectivity index (χ0v) is 14.1. The highest BCUT2D eigenvalue weighted by Crippen LogP contribution is 2.32. The smallest absolute Gasteiger partial charge is 0.466 e. The summed E-state index contributed by atoms with van der Waals surface area (Å²) in [7, 11) is -1.18. The first-order valence-corrected chi connectivity index (χ1v) is 8.05. The normalized spacial score (nSPS) is 15.8. The van der Waals surface area contributed by atoms with E-state index in [0.29, 0.717) is 28.5 Å². The minimum absolute atomic E-state index is 0.00888. The van der Waals surface area contributed by atoms with E-state index in [4.69, 9.17) is 30.7 Å². The summed E-state index contributed by atoms with van der Waals surface area (Å²) in [6.07, 6.45) is -0.580. The van der Waals surface area contributed by atoms with Gasteiger partial charge in [-0.05, 0) is 42.6 Å². The second-order valence-electron chi connectivity index (χ2n) is 5.09. The van der Waals surface area contributed by atoms with E-state index < -0.39 is 19.2 Å². The van der Waals surface area contributed by atoms with Crippen LogP contribution in [0.3, 0.4) is 0 Å². The van der Waals surface area contributed by atoms with Gasteiger partial charge in [0.25, 0.3) is 5.23 Å². The second-order valence-corrected chi connectivity index (χ2v) is 6.10. The first-order valence-electron chi connectivity index (χ1n) is 7.23. The number of carbonyl (C=O) groups is 1. The number of thioether (sulfide) groups is 1. The van der Waals surface area contributed by atoms with Crippen molar-refractivity contribution in [1.29, 1.82) is 10.8 Å². The number of hydrogen-bond donors (Lipinski definition) is 4. The van der Waals surface area contributed by atoms with Crippen molar-refractivity contribution in [3.63, 3.8) is 0 Å². The number of aryl methyl sites for hydroxylation is 1. The standard InChI is InChI=1S/C14H18BN3O5S/c1-3-21-11(19)6-10-12-7(2)4-8(5-9(12)15(20)23-10)22-14(18)24-13(16)17/h4-5,10,18,20H,3,6H2,1-2H3,(H3,16,17). The number of nitrogens with two attached hydrogens (primary N) is 1. The fraction of sp³-hybridized carbons (Fsp3) is 0.357. The lowest BCUT2D eigenvalue weighted by Gasteiger charge is -2.14. The molecule has 128 valence electrons. The van der Waals surface area contributed by atoms with Gasteiger partial charge in [-0.15, -0.1) is 0 Å². The molecule has 1 aliphatic rings. The molecule has 1 heterocycles. The summed E-state index contributed by atoms with van der Waals surface area (Å²) in [5.74, 6) is -0.0775. The Morgan fingerprint density at radius 1 is 1.50 bits per heavy atom. The van der Waals surface area contributed by atoms with Gasteiger partial charge in [0.1, 0.15) is 5.75 Å². The molecule has 1 aliphatic heterocycles. The Hall–Kier alpha value is -2.04. The minimum atomic E-state index is -1.18. The van der Waals surface area contributed by atoms with E-state index in [0.717, 1.165) is 5.56 Å². The molecular formula is C14H18BN3O5S. The average Bonchev–Trinajstić information content (AvgIpc) is 2.74. The van der Waals surface area contributed by atoms with Crippen LogP contribution >= 0.6 is 11.8 Å². The summed E-state index contributed by atoms with van der Waals surface area (Å²) in [6.45, 7) is 3.80. The molecule has 0 bridgehead atoms. The first kappa shape index (κ1) is 18.3. The molecule has 0 aromatic heterocycles. The summed E-state index contributed by atoms with van der Waals surface area (Å²) in [4.78, 5) is 11.7. The first-order chi connectivity index (χ1) is 11.3. The highest BCUT2D eigenvalue weighted by Gasteiger charge is 2.38. The van der Waals surface area contributed by atoms with Crippen molar-refractivity contribution in [3.05, 3.63) is 23.3 Å². The van der Waals surface area contributed by atoms with Gasteiger partial charge >= 0.3 is 13.1 Å². The van der Waals surface area contributed by atoms with Gasteiger partial charge in [0.15, 0.2) is 5.17 Å². The SMILES string of the molecule is CCOC(=O)CC1OB(O)c2cc(OC(=N)SC(=N)N)cc(C)c21. The highest BCUT2D eigenvalue weighted by molar-refractivity contribution is 8.26. The van der Waals surface area contributed by atoms with Gasteiger partial charge in [0.05, 0.1) is 19.1 Å². The van der Waals surface area contributed by atoms with Crippen molar-refractivity contribution >= 4 is 40.7 Å². The van der Waals surface area contributed by atoms with Gasteiger partial charge in [0, 0.05) is 11.8 Å². The number of hydrogen-bond acceptors (Lipinski definition) is 8. The van der Waals surface area contributed by atoms with E-state index in [9.17, 15) is 9.82 Å². The zero-order chi connectivity index (χ0) is 17.9. The summed E-state index contributed by atoms with van der Waals surface area (Å²) in [5, 5.41) is 24.3. The molecule has 2 rings (SSSR count). The van der Waals surface area contributed by atoms with E-state index in [1.807, 2.05) is 0 Å². The van der Waals surface area contributed by atoms with Crippen molar-refractivity contribution in [3.8, 4) is 5.75 Å². The zero-order valence-electron chi connectivity index (χ0n) is 13.3. The monoisotopic (exact) mass is 351 g/mol. The highest BCUT2D eigenvalue weighted by atomic mass is 32.2. The fourth-order valence-electron chi connectivity index (χ4n) is 2.54. The molecule has 5 N–H and O–H groups in total. The maximum Gasteiger partial charge on any atom is 0.492 e. The molecule has 0 amide bonds. The third-order valence-electron chi connectivity index (χ3n) is 3.34. The molecule has 10 heteroatoms. The molecule has 0 spiro atoms. The Bertz CT molecular complexity index is 685. The quantitative estimate of drug-likeness (QED) is 0.270. The number of benzene rings is 1. The van der Waals surface area contributed by atoms with Crippen LogP contribution in [0, 0.1) is 17.7 Å². The molecule has 1 aromatic carbocycles. The van der Waals surface area contributed by atoms with Crippen LogP contribution in [0.5, 0.6) is 5.75 Å². The molecule has 24 heavy (non-hydrogen) atoms. The number of amidine groups is 1. The van der Waals surface area contributed by atoms with Crippen LogP contribution in [0.25, 0.3) is 0 Å². The van der Waals surface area contributed by atoms with E-state index in [-0.39, 0.29) is 23.4 Å². The molecule has 0 saturated heterocycles. The lowest BCUT2D eigenvalue weighted by Crippen LogP contribution is -2.28. The van der Waals surface area contributed by atoms with Crippen LogP contribution < -0.4 is 15.9 Å². The summed E-state index contributed by atoms with van der Waals surface area (Å²) in [6, 6.07) is 3.22. The molecule has 0 saturated carbocycles. The molecule has 1 atom stereocenters. The topological polar surface area (TPSA) is 139 Å². The number of rotatable bonds is 4. The number of fused-ring (bicyclic) bond motifs is 1. The number of ether oxygens (including phenoxy) is 2. The molecule has 1 unspecified atom stereocenters. The van der Waals surface area contributed by atoms with Crippen LogP contribution in [-0.4, -0.2) is 35.1 Å². The maximum atomic E-state index is 11.7. The van der Waals surface area contributed by atoms with Gasteiger partial charge in [-0.1, -0.05) is 0 Å². The Morgan fingerprint density at radius 3 is 2.83 bits per heavy atom. The number of esters is 1. The Labute approximate surface area is 143 Å². The summed E-state index contributed by atoms with van der Waals surface area (Å²) in [5.41, 5.74) is 7.16. The lowest BCUT2D eigenvalue weighted by molar-refractivity contribution is -0.145. The van der Waals surface area contributed by atoms with Crippen molar-refractivity contribution < 1.29 is 23.9 Å². The maximum absolute atomic E-state index is 11.7. The van der Waals surface area contributed by atoms with E-state index in [2.05, 4.69) is 0 Å². The summed E-state index contributed by atoms with van der Waals surface area (Å²) < 4.78 is 15.7. The van der Waals surface area contributed by atoms with Gasteiger partial charge in [-0.25, -0.2) is 0 Å². The molecule has 0 radical (unpaired) electrons.